The summed E-state index contributed by atoms with van der Waals surface area (Å²) in [6.07, 6.45) is 3.08. The third-order valence-electron chi connectivity index (χ3n) is 3.00. The van der Waals surface area contributed by atoms with Gasteiger partial charge >= 0.3 is 0 Å². The molecule has 0 fully saturated rings. The summed E-state index contributed by atoms with van der Waals surface area (Å²) in [5, 5.41) is 18.7. The van der Waals surface area contributed by atoms with Gasteiger partial charge in [-0.25, -0.2) is 0 Å². The van der Waals surface area contributed by atoms with Crippen molar-refractivity contribution in [3.8, 4) is 0 Å². The van der Waals surface area contributed by atoms with Crippen LogP contribution in [0.2, 0.25) is 0 Å². The van der Waals surface area contributed by atoms with Gasteiger partial charge in [-0.3, -0.25) is 14.9 Å². The van der Waals surface area contributed by atoms with Gasteiger partial charge in [-0.2, -0.15) is 0 Å². The molecule has 6 nitrogen and oxygen atoms in total. The maximum Gasteiger partial charge on any atom is 0.253 e. The van der Waals surface area contributed by atoms with Gasteiger partial charge in [0, 0.05) is 17.5 Å². The van der Waals surface area contributed by atoms with Crippen LogP contribution in [0.5, 0.6) is 0 Å². The number of carbonyl (C=O) groups is 2. The predicted octanol–water partition coefficient (Wildman–Crippen LogP) is 2.00. The van der Waals surface area contributed by atoms with Crippen molar-refractivity contribution < 1.29 is 14.7 Å². The van der Waals surface area contributed by atoms with Crippen molar-refractivity contribution in [3.63, 3.8) is 0 Å². The quantitative estimate of drug-likeness (QED) is 0.458. The van der Waals surface area contributed by atoms with E-state index in [1.165, 1.54) is 17.4 Å². The van der Waals surface area contributed by atoms with Gasteiger partial charge < -0.3 is 15.7 Å². The zero-order valence-corrected chi connectivity index (χ0v) is 14.8. The summed E-state index contributed by atoms with van der Waals surface area (Å²) >= 11 is 6.63. The van der Waals surface area contributed by atoms with E-state index in [9.17, 15) is 9.59 Å². The molecule has 2 aromatic rings. The van der Waals surface area contributed by atoms with E-state index in [1.54, 1.807) is 30.3 Å². The molecule has 2 rings (SSSR count). The van der Waals surface area contributed by atoms with E-state index in [0.717, 1.165) is 4.88 Å². The van der Waals surface area contributed by atoms with Crippen LogP contribution in [-0.2, 0) is 4.79 Å². The summed E-state index contributed by atoms with van der Waals surface area (Å²) in [6.45, 7) is 0.00818. The minimum absolute atomic E-state index is 0.0863. The number of nitrogens with one attached hydrogen (secondary N) is 3. The Labute approximate surface area is 154 Å². The van der Waals surface area contributed by atoms with Gasteiger partial charge in [0.1, 0.15) is 0 Å². The number of benzene rings is 1. The molecule has 0 aliphatic carbocycles. The Morgan fingerprint density at radius 1 is 1.20 bits per heavy atom. The molecule has 4 N–H and O–H groups in total. The first-order valence-electron chi connectivity index (χ1n) is 7.42. The lowest BCUT2D eigenvalue weighted by Crippen LogP contribution is -2.34. The molecule has 2 amide bonds. The molecule has 0 bridgehead atoms. The highest BCUT2D eigenvalue weighted by Gasteiger charge is 2.11. The molecule has 0 unspecified atom stereocenters. The van der Waals surface area contributed by atoms with Crippen molar-refractivity contribution >= 4 is 52.2 Å². The van der Waals surface area contributed by atoms with Gasteiger partial charge in [-0.1, -0.05) is 18.2 Å². The minimum atomic E-state index is -0.367. The lowest BCUT2D eigenvalue weighted by atomic mass is 10.1. The number of hydrogen-bond acceptors (Lipinski definition) is 5. The van der Waals surface area contributed by atoms with Gasteiger partial charge in [0.2, 0.25) is 5.91 Å². The number of thiophene rings is 1. The predicted molar refractivity (Wildman–Crippen MR) is 104 cm³/mol. The second-order valence-corrected chi connectivity index (χ2v) is 6.20. The third kappa shape index (κ3) is 6.11. The summed E-state index contributed by atoms with van der Waals surface area (Å²) in [4.78, 5) is 24.9. The first-order valence-corrected chi connectivity index (χ1v) is 8.70. The van der Waals surface area contributed by atoms with Gasteiger partial charge in [0.25, 0.3) is 5.91 Å². The van der Waals surface area contributed by atoms with Crippen molar-refractivity contribution in [1.82, 2.24) is 10.6 Å². The molecule has 1 aromatic carbocycles. The second-order valence-electron chi connectivity index (χ2n) is 4.82. The van der Waals surface area contributed by atoms with Crippen LogP contribution >= 0.6 is 23.6 Å². The highest BCUT2D eigenvalue weighted by atomic mass is 32.1. The van der Waals surface area contributed by atoms with Crippen LogP contribution in [0.25, 0.3) is 6.08 Å². The smallest absolute Gasteiger partial charge is 0.253 e. The first-order chi connectivity index (χ1) is 12.1. The number of amides is 2. The van der Waals surface area contributed by atoms with Crippen LogP contribution in [0.1, 0.15) is 15.2 Å². The average Bonchev–Trinajstić information content (AvgIpc) is 3.12. The fourth-order valence-corrected chi connectivity index (χ4v) is 2.73. The Kier molecular flexibility index (Phi) is 7.27. The van der Waals surface area contributed by atoms with E-state index in [-0.39, 0.29) is 30.1 Å². The molecule has 0 spiro atoms. The monoisotopic (exact) mass is 375 g/mol. The number of thiocarbonyl (C=S) groups is 1. The lowest BCUT2D eigenvalue weighted by molar-refractivity contribution is -0.115. The van der Waals surface area contributed by atoms with Crippen molar-refractivity contribution in [2.24, 2.45) is 0 Å². The maximum absolute atomic E-state index is 12.1. The second kappa shape index (κ2) is 9.67. The number of hydrogen-bond donors (Lipinski definition) is 4. The zero-order chi connectivity index (χ0) is 18.1. The summed E-state index contributed by atoms with van der Waals surface area (Å²) in [7, 11) is 0. The fraction of sp³-hybridized carbons (Fsp3) is 0.118. The normalized spacial score (nSPS) is 10.4. The number of rotatable bonds is 6. The number of anilines is 1. The van der Waals surface area contributed by atoms with Crippen LogP contribution in [0.4, 0.5) is 5.69 Å². The van der Waals surface area contributed by atoms with E-state index in [0.29, 0.717) is 11.3 Å². The number of aliphatic hydroxyl groups excluding tert-OH is 1. The molecule has 0 aliphatic rings. The molecule has 8 heteroatoms. The minimum Gasteiger partial charge on any atom is -0.395 e. The number of para-hydroxylation sites is 1. The van der Waals surface area contributed by atoms with Crippen molar-refractivity contribution in [2.75, 3.05) is 18.5 Å². The van der Waals surface area contributed by atoms with Crippen molar-refractivity contribution in [3.05, 3.63) is 58.3 Å². The van der Waals surface area contributed by atoms with E-state index >= 15 is 0 Å². The fourth-order valence-electron chi connectivity index (χ4n) is 1.91. The van der Waals surface area contributed by atoms with E-state index < -0.39 is 0 Å². The molecule has 0 saturated heterocycles. The topological polar surface area (TPSA) is 90.5 Å². The van der Waals surface area contributed by atoms with Crippen molar-refractivity contribution in [2.45, 2.75) is 0 Å². The Morgan fingerprint density at radius 3 is 2.72 bits per heavy atom. The highest BCUT2D eigenvalue weighted by Crippen LogP contribution is 2.15. The van der Waals surface area contributed by atoms with Crippen LogP contribution in [0, 0.1) is 0 Å². The summed E-state index contributed by atoms with van der Waals surface area (Å²) in [5.74, 6) is -0.711. The number of aliphatic hydroxyl groups is 1. The average molecular weight is 375 g/mol. The maximum atomic E-state index is 12.1. The molecule has 0 radical (unpaired) electrons. The number of carbonyl (C=O) groups excluding carboxylic acids is 2. The molecule has 130 valence electrons. The summed E-state index contributed by atoms with van der Waals surface area (Å²) in [6, 6.07) is 10.5. The van der Waals surface area contributed by atoms with Crippen LogP contribution in [0.3, 0.4) is 0 Å². The Balaban J connectivity index is 1.96. The van der Waals surface area contributed by atoms with Crippen molar-refractivity contribution in [1.29, 1.82) is 0 Å². The molecular weight excluding hydrogens is 358 g/mol. The Morgan fingerprint density at radius 2 is 2.00 bits per heavy atom. The lowest BCUT2D eigenvalue weighted by Gasteiger charge is -2.12. The summed E-state index contributed by atoms with van der Waals surface area (Å²) in [5.41, 5.74) is 0.826. The molecular formula is C17H17N3O3S2. The third-order valence-corrected chi connectivity index (χ3v) is 4.04. The van der Waals surface area contributed by atoms with Crippen LogP contribution in [0.15, 0.2) is 47.9 Å². The Bertz CT molecular complexity index is 773. The van der Waals surface area contributed by atoms with E-state index in [2.05, 4.69) is 16.0 Å². The van der Waals surface area contributed by atoms with Crippen LogP contribution < -0.4 is 16.0 Å². The van der Waals surface area contributed by atoms with Gasteiger partial charge in [-0.15, -0.1) is 11.3 Å². The van der Waals surface area contributed by atoms with Gasteiger partial charge in [0.15, 0.2) is 5.11 Å². The standard InChI is InChI=1S/C17H17N3O3S2/c21-10-9-18-16(23)13-5-1-2-6-14(13)19-17(24)20-15(22)8-7-12-4-3-11-25-12/h1-8,11,21H,9-10H2,(H,18,23)(H2,19,20,22,24)/b8-7+. The summed E-state index contributed by atoms with van der Waals surface area (Å²) < 4.78 is 0. The van der Waals surface area contributed by atoms with Gasteiger partial charge in [-0.05, 0) is 41.9 Å². The molecule has 0 atom stereocenters. The Hall–Kier alpha value is -2.55. The van der Waals surface area contributed by atoms with E-state index in [4.69, 9.17) is 17.3 Å². The molecule has 0 saturated carbocycles. The largest absolute Gasteiger partial charge is 0.395 e. The van der Waals surface area contributed by atoms with E-state index in [1.807, 2.05) is 17.5 Å². The molecule has 1 aromatic heterocycles. The van der Waals surface area contributed by atoms with Gasteiger partial charge in [0.05, 0.1) is 17.9 Å². The first kappa shape index (κ1) is 18.8. The molecule has 25 heavy (non-hydrogen) atoms. The van der Waals surface area contributed by atoms with Crippen LogP contribution in [-0.4, -0.2) is 35.2 Å². The zero-order valence-electron chi connectivity index (χ0n) is 13.2. The SMILES string of the molecule is O=C(/C=C/c1cccs1)NC(=S)Nc1ccccc1C(=O)NCCO. The highest BCUT2D eigenvalue weighted by molar-refractivity contribution is 7.80. The molecule has 1 heterocycles. The molecule has 0 aliphatic heterocycles.